The minimum absolute atomic E-state index is 0. The van der Waals surface area contributed by atoms with Crippen LogP contribution >= 0.6 is 8.58 Å². The Bertz CT molecular complexity index is 542. The number of carbonyl (C=O) groups excluding carboxylic acids is 1. The minimum Gasteiger partial charge on any atom is -0.289 e. The second-order valence-electron chi connectivity index (χ2n) is 8.35. The summed E-state index contributed by atoms with van der Waals surface area (Å²) >= 11 is 0. The summed E-state index contributed by atoms with van der Waals surface area (Å²) in [7, 11) is 0.463. The van der Waals surface area contributed by atoms with E-state index in [9.17, 15) is 4.79 Å². The number of benzene rings is 1. The molecule has 0 N–H and O–H groups in total. The molecule has 1 aliphatic rings. The molecule has 0 amide bonds. The Morgan fingerprint density at radius 2 is 1.36 bits per heavy atom. The molecule has 0 bridgehead atoms. The van der Waals surface area contributed by atoms with E-state index in [2.05, 4.69) is 53.7 Å². The van der Waals surface area contributed by atoms with Crippen LogP contribution in [0.3, 0.4) is 0 Å². The average molecular weight is 353 g/mol. The van der Waals surface area contributed by atoms with Crippen LogP contribution in [0.2, 0.25) is 0 Å². The smallest absolute Gasteiger partial charge is 0.181 e. The van der Waals surface area contributed by atoms with E-state index in [1.807, 2.05) is 0 Å². The molecule has 0 saturated heterocycles. The number of hydrogen-bond donors (Lipinski definition) is 0. The van der Waals surface area contributed by atoms with Gasteiger partial charge in [0.1, 0.15) is 0 Å². The molecule has 0 aromatic heterocycles. The molecule has 1 radical (unpaired) electrons. The van der Waals surface area contributed by atoms with Crippen molar-refractivity contribution >= 4 is 33.0 Å². The normalized spacial score (nSPS) is 16.2. The van der Waals surface area contributed by atoms with Gasteiger partial charge in [-0.3, -0.25) is 4.79 Å². The Morgan fingerprint density at radius 3 is 1.76 bits per heavy atom. The van der Waals surface area contributed by atoms with Gasteiger partial charge in [0.15, 0.2) is 5.52 Å². The number of rotatable bonds is 6. The van der Waals surface area contributed by atoms with Crippen molar-refractivity contribution in [2.24, 2.45) is 0 Å². The van der Waals surface area contributed by atoms with E-state index in [0.29, 0.717) is 37.5 Å². The maximum absolute atomic E-state index is 13.3. The van der Waals surface area contributed by atoms with Crippen molar-refractivity contribution in [3.05, 3.63) is 34.4 Å². The SMILES string of the molecule is CC(C)c1cc(C(C)C)c(C(=O)PC2CCCCC2)c(C(C)C)c1.[Li]. The molecule has 1 aromatic carbocycles. The molecule has 0 spiro atoms. The summed E-state index contributed by atoms with van der Waals surface area (Å²) in [6.45, 7) is 13.4. The molecule has 1 atom stereocenters. The summed E-state index contributed by atoms with van der Waals surface area (Å²) in [5.41, 5.74) is 6.05. The van der Waals surface area contributed by atoms with E-state index < -0.39 is 0 Å². The molecule has 1 nitrogen and oxygen atoms in total. The van der Waals surface area contributed by atoms with Crippen molar-refractivity contribution in [3.63, 3.8) is 0 Å². The van der Waals surface area contributed by atoms with Crippen molar-refractivity contribution in [3.8, 4) is 0 Å². The second kappa shape index (κ2) is 10.3. The zero-order chi connectivity index (χ0) is 17.9. The van der Waals surface area contributed by atoms with Gasteiger partial charge in [-0.05, 0) is 61.5 Å². The predicted molar refractivity (Wildman–Crippen MR) is 114 cm³/mol. The third kappa shape index (κ3) is 5.96. The Balaban J connectivity index is 0.00000312. The van der Waals surface area contributed by atoms with Gasteiger partial charge in [-0.1, -0.05) is 72.9 Å². The molecule has 3 heteroatoms. The van der Waals surface area contributed by atoms with Gasteiger partial charge in [0.05, 0.1) is 0 Å². The molecule has 0 aliphatic heterocycles. The molecule has 1 fully saturated rings. The predicted octanol–water partition coefficient (Wildman–Crippen LogP) is 6.83. The van der Waals surface area contributed by atoms with Crippen LogP contribution in [-0.2, 0) is 0 Å². The minimum atomic E-state index is 0. The topological polar surface area (TPSA) is 17.1 Å². The van der Waals surface area contributed by atoms with Crippen molar-refractivity contribution in [2.45, 2.75) is 97.1 Å². The van der Waals surface area contributed by atoms with Crippen LogP contribution in [0.1, 0.15) is 118 Å². The Hall–Kier alpha value is -0.0826. The third-order valence-electron chi connectivity index (χ3n) is 5.30. The van der Waals surface area contributed by atoms with Crippen LogP contribution in [0.4, 0.5) is 0 Å². The van der Waals surface area contributed by atoms with Crippen molar-refractivity contribution in [1.29, 1.82) is 0 Å². The first kappa shape index (κ1) is 23.0. The first-order valence-electron chi connectivity index (χ1n) is 9.79. The fourth-order valence-electron chi connectivity index (χ4n) is 3.72. The summed E-state index contributed by atoms with van der Waals surface area (Å²) in [5.74, 6) is 1.30. The molecule has 0 heterocycles. The molecule has 135 valence electrons. The summed E-state index contributed by atoms with van der Waals surface area (Å²) < 4.78 is 0. The zero-order valence-corrected chi connectivity index (χ0v) is 18.4. The summed E-state index contributed by atoms with van der Waals surface area (Å²) in [5, 5.41) is 0. The van der Waals surface area contributed by atoms with E-state index in [1.54, 1.807) is 0 Å². The quantitative estimate of drug-likeness (QED) is 0.405. The third-order valence-corrected chi connectivity index (χ3v) is 6.80. The number of hydrogen-bond acceptors (Lipinski definition) is 1. The van der Waals surface area contributed by atoms with Gasteiger partial charge >= 0.3 is 0 Å². The second-order valence-corrected chi connectivity index (χ2v) is 9.91. The summed E-state index contributed by atoms with van der Waals surface area (Å²) in [6.07, 6.45) is 6.48. The summed E-state index contributed by atoms with van der Waals surface area (Å²) in [6, 6.07) is 4.61. The van der Waals surface area contributed by atoms with E-state index >= 15 is 0 Å². The van der Waals surface area contributed by atoms with E-state index in [-0.39, 0.29) is 18.9 Å². The van der Waals surface area contributed by atoms with Gasteiger partial charge in [-0.25, -0.2) is 0 Å². The molecule has 1 unspecified atom stereocenters. The zero-order valence-electron chi connectivity index (χ0n) is 17.4. The van der Waals surface area contributed by atoms with Gasteiger partial charge < -0.3 is 0 Å². The van der Waals surface area contributed by atoms with E-state index in [1.165, 1.54) is 48.8 Å². The monoisotopic (exact) mass is 353 g/mol. The Morgan fingerprint density at radius 1 is 0.880 bits per heavy atom. The fourth-order valence-corrected chi connectivity index (χ4v) is 5.22. The van der Waals surface area contributed by atoms with Crippen LogP contribution in [-0.4, -0.2) is 30.0 Å². The van der Waals surface area contributed by atoms with Crippen LogP contribution in [0.15, 0.2) is 12.1 Å². The van der Waals surface area contributed by atoms with Gasteiger partial charge in [-0.15, -0.1) is 0 Å². The Labute approximate surface area is 169 Å². The fraction of sp³-hybridized carbons (Fsp3) is 0.682. The first-order valence-corrected chi connectivity index (χ1v) is 10.9. The molecule has 1 aromatic rings. The molecular weight excluding hydrogens is 318 g/mol. The maximum atomic E-state index is 13.3. The number of carbonyl (C=O) groups is 1. The summed E-state index contributed by atoms with van der Waals surface area (Å²) in [4.78, 5) is 13.3. The van der Waals surface area contributed by atoms with Crippen molar-refractivity contribution in [1.82, 2.24) is 0 Å². The average Bonchev–Trinajstić information content (AvgIpc) is 2.54. The molecule has 25 heavy (non-hydrogen) atoms. The largest absolute Gasteiger partial charge is 0.289 e. The van der Waals surface area contributed by atoms with Gasteiger partial charge in [-0.2, -0.15) is 0 Å². The van der Waals surface area contributed by atoms with Crippen molar-refractivity contribution in [2.75, 3.05) is 0 Å². The first-order chi connectivity index (χ1) is 11.3. The van der Waals surface area contributed by atoms with Crippen LogP contribution < -0.4 is 0 Å². The van der Waals surface area contributed by atoms with E-state index in [4.69, 9.17) is 0 Å². The maximum Gasteiger partial charge on any atom is 0.181 e. The van der Waals surface area contributed by atoms with Gasteiger partial charge in [0.2, 0.25) is 0 Å². The molecule has 1 aliphatic carbocycles. The molecule has 1 saturated carbocycles. The molecule has 2 rings (SSSR count). The van der Waals surface area contributed by atoms with Crippen LogP contribution in [0, 0.1) is 0 Å². The Kier molecular flexibility index (Phi) is 9.46. The molecular formula is C22H35LiOP. The van der Waals surface area contributed by atoms with Gasteiger partial charge in [0, 0.05) is 24.4 Å². The van der Waals surface area contributed by atoms with E-state index in [0.717, 1.165) is 5.56 Å². The van der Waals surface area contributed by atoms with Crippen LogP contribution in [0.25, 0.3) is 0 Å². The standard InChI is InChI=1S/C22H35OP.Li/c1-14(2)17-12-19(15(3)4)21(20(13-17)16(5)6)22(23)24-18-10-8-7-9-11-18;/h12-16,18,24H,7-11H2,1-6H3;. The van der Waals surface area contributed by atoms with Crippen molar-refractivity contribution < 1.29 is 4.79 Å². The van der Waals surface area contributed by atoms with Gasteiger partial charge in [0.25, 0.3) is 0 Å². The van der Waals surface area contributed by atoms with Crippen LogP contribution in [0.5, 0.6) is 0 Å².